The third-order valence-electron chi connectivity index (χ3n) is 2.63. The van der Waals surface area contributed by atoms with Gasteiger partial charge < -0.3 is 20.8 Å². The van der Waals surface area contributed by atoms with Crippen molar-refractivity contribution in [2.24, 2.45) is 10.9 Å². The highest BCUT2D eigenvalue weighted by Gasteiger charge is 2.10. The highest BCUT2D eigenvalue weighted by Crippen LogP contribution is 2.28. The number of nitrogens with two attached hydrogens (primary N) is 1. The Morgan fingerprint density at radius 2 is 2.05 bits per heavy atom. The molecular formula is C14H13ClN2O3. The minimum atomic E-state index is -0.0965. The van der Waals surface area contributed by atoms with Crippen molar-refractivity contribution in [3.8, 4) is 11.5 Å². The number of nitrogens with zero attached hydrogens (tertiary/aromatic N) is 1. The Kier molecular flexibility index (Phi) is 4.45. The van der Waals surface area contributed by atoms with Crippen LogP contribution >= 0.6 is 11.6 Å². The first-order chi connectivity index (χ1) is 9.63. The molecule has 0 spiro atoms. The van der Waals surface area contributed by atoms with E-state index in [-0.39, 0.29) is 12.4 Å². The Bertz CT molecular complexity index is 644. The molecule has 0 unspecified atom stereocenters. The lowest BCUT2D eigenvalue weighted by Gasteiger charge is -2.11. The van der Waals surface area contributed by atoms with Gasteiger partial charge >= 0.3 is 0 Å². The number of aliphatic hydroxyl groups excluding tert-OH is 1. The molecule has 0 aliphatic carbocycles. The predicted octanol–water partition coefficient (Wildman–Crippen LogP) is 2.72. The molecule has 0 heterocycles. The second-order valence-electron chi connectivity index (χ2n) is 4.03. The first-order valence-corrected chi connectivity index (χ1v) is 6.17. The van der Waals surface area contributed by atoms with Crippen LogP contribution in [-0.4, -0.2) is 16.1 Å². The van der Waals surface area contributed by atoms with Gasteiger partial charge in [0.1, 0.15) is 11.5 Å². The van der Waals surface area contributed by atoms with Crippen LogP contribution in [0.25, 0.3) is 0 Å². The molecule has 20 heavy (non-hydrogen) atoms. The molecule has 2 aromatic carbocycles. The molecule has 104 valence electrons. The summed E-state index contributed by atoms with van der Waals surface area (Å²) in [7, 11) is 0. The molecule has 0 bridgehead atoms. The largest absolute Gasteiger partial charge is 0.457 e. The van der Waals surface area contributed by atoms with Gasteiger partial charge in [-0.05, 0) is 35.9 Å². The number of ether oxygens (including phenoxy) is 1. The van der Waals surface area contributed by atoms with Gasteiger partial charge in [0.25, 0.3) is 0 Å². The molecule has 2 aromatic rings. The molecule has 0 amide bonds. The van der Waals surface area contributed by atoms with Gasteiger partial charge in [-0.1, -0.05) is 28.9 Å². The highest BCUT2D eigenvalue weighted by atomic mass is 35.5. The Morgan fingerprint density at radius 3 is 2.75 bits per heavy atom. The number of amidine groups is 1. The van der Waals surface area contributed by atoms with Crippen molar-refractivity contribution in [1.29, 1.82) is 0 Å². The molecular weight excluding hydrogens is 280 g/mol. The summed E-state index contributed by atoms with van der Waals surface area (Å²) in [5.74, 6) is 0.839. The molecule has 0 atom stereocenters. The molecule has 4 N–H and O–H groups in total. The molecule has 0 fully saturated rings. The van der Waals surface area contributed by atoms with E-state index >= 15 is 0 Å². The normalized spacial score (nSPS) is 11.4. The van der Waals surface area contributed by atoms with E-state index in [4.69, 9.17) is 32.4 Å². The van der Waals surface area contributed by atoms with Crippen LogP contribution in [-0.2, 0) is 6.61 Å². The van der Waals surface area contributed by atoms with Gasteiger partial charge in [-0.3, -0.25) is 0 Å². The SMILES string of the molecule is NC(=NO)c1cc(Cl)ccc1Oc1cccc(CO)c1. The summed E-state index contributed by atoms with van der Waals surface area (Å²) >= 11 is 5.89. The number of hydrogen-bond acceptors (Lipinski definition) is 4. The van der Waals surface area contributed by atoms with E-state index in [0.717, 1.165) is 5.56 Å². The molecule has 0 saturated heterocycles. The van der Waals surface area contributed by atoms with Gasteiger partial charge in [0.05, 0.1) is 12.2 Å². The van der Waals surface area contributed by atoms with Crippen molar-refractivity contribution in [3.63, 3.8) is 0 Å². The van der Waals surface area contributed by atoms with E-state index < -0.39 is 0 Å². The lowest BCUT2D eigenvalue weighted by molar-refractivity contribution is 0.281. The lowest BCUT2D eigenvalue weighted by atomic mass is 10.2. The van der Waals surface area contributed by atoms with Gasteiger partial charge in [-0.2, -0.15) is 0 Å². The Balaban J connectivity index is 2.37. The second-order valence-corrected chi connectivity index (χ2v) is 4.47. The smallest absolute Gasteiger partial charge is 0.173 e. The Morgan fingerprint density at radius 1 is 1.25 bits per heavy atom. The van der Waals surface area contributed by atoms with Crippen molar-refractivity contribution in [3.05, 3.63) is 58.6 Å². The van der Waals surface area contributed by atoms with Crippen LogP contribution < -0.4 is 10.5 Å². The summed E-state index contributed by atoms with van der Waals surface area (Å²) in [5.41, 5.74) is 6.70. The monoisotopic (exact) mass is 292 g/mol. The van der Waals surface area contributed by atoms with E-state index in [1.807, 2.05) is 0 Å². The van der Waals surface area contributed by atoms with Crippen molar-refractivity contribution in [2.75, 3.05) is 0 Å². The van der Waals surface area contributed by atoms with Crippen LogP contribution in [0, 0.1) is 0 Å². The maximum absolute atomic E-state index is 9.10. The predicted molar refractivity (Wildman–Crippen MR) is 76.4 cm³/mol. The summed E-state index contributed by atoms with van der Waals surface area (Å²) in [6.07, 6.45) is 0. The third kappa shape index (κ3) is 3.20. The van der Waals surface area contributed by atoms with Gasteiger partial charge in [0.15, 0.2) is 5.84 Å². The standard InChI is InChI=1S/C14H13ClN2O3/c15-10-4-5-13(12(7-10)14(16)17-19)20-11-3-1-2-9(6-11)8-18/h1-7,18-19H,8H2,(H2,16,17). The fourth-order valence-corrected chi connectivity index (χ4v) is 1.85. The lowest BCUT2D eigenvalue weighted by Crippen LogP contribution is -2.14. The van der Waals surface area contributed by atoms with E-state index in [9.17, 15) is 0 Å². The van der Waals surface area contributed by atoms with E-state index in [1.54, 1.807) is 42.5 Å². The van der Waals surface area contributed by atoms with Crippen molar-refractivity contribution < 1.29 is 15.1 Å². The summed E-state index contributed by atoms with van der Waals surface area (Å²) < 4.78 is 5.69. The minimum Gasteiger partial charge on any atom is -0.457 e. The van der Waals surface area contributed by atoms with Gasteiger partial charge in [-0.15, -0.1) is 0 Å². The Hall–Kier alpha value is -2.24. The Labute approximate surface area is 120 Å². The molecule has 0 saturated carbocycles. The third-order valence-corrected chi connectivity index (χ3v) is 2.87. The molecule has 6 heteroatoms. The van der Waals surface area contributed by atoms with E-state index in [2.05, 4.69) is 5.16 Å². The van der Waals surface area contributed by atoms with Crippen molar-refractivity contribution in [2.45, 2.75) is 6.61 Å². The van der Waals surface area contributed by atoms with Crippen LogP contribution in [0.2, 0.25) is 5.02 Å². The zero-order chi connectivity index (χ0) is 14.5. The van der Waals surface area contributed by atoms with Crippen LogP contribution in [0.1, 0.15) is 11.1 Å². The van der Waals surface area contributed by atoms with Crippen LogP contribution in [0.5, 0.6) is 11.5 Å². The number of halogens is 1. The molecule has 0 radical (unpaired) electrons. The quantitative estimate of drug-likeness (QED) is 0.350. The number of rotatable bonds is 4. The molecule has 0 aliphatic rings. The van der Waals surface area contributed by atoms with Gasteiger partial charge in [-0.25, -0.2) is 0 Å². The molecule has 0 aromatic heterocycles. The van der Waals surface area contributed by atoms with Gasteiger partial charge in [0, 0.05) is 5.02 Å². The van der Waals surface area contributed by atoms with Crippen LogP contribution in [0.3, 0.4) is 0 Å². The fourth-order valence-electron chi connectivity index (χ4n) is 1.68. The summed E-state index contributed by atoms with van der Waals surface area (Å²) in [6, 6.07) is 11.8. The average molecular weight is 293 g/mol. The zero-order valence-corrected chi connectivity index (χ0v) is 11.2. The first kappa shape index (κ1) is 14.2. The maximum Gasteiger partial charge on any atom is 0.173 e. The van der Waals surface area contributed by atoms with Crippen LogP contribution in [0.4, 0.5) is 0 Å². The topological polar surface area (TPSA) is 88.1 Å². The molecule has 2 rings (SSSR count). The number of aliphatic hydroxyl groups is 1. The summed E-state index contributed by atoms with van der Waals surface area (Å²) in [5, 5.41) is 21.3. The van der Waals surface area contributed by atoms with Gasteiger partial charge in [0.2, 0.25) is 0 Å². The summed E-state index contributed by atoms with van der Waals surface area (Å²) in [6.45, 7) is -0.0785. The zero-order valence-electron chi connectivity index (χ0n) is 10.5. The average Bonchev–Trinajstić information content (AvgIpc) is 2.48. The van der Waals surface area contributed by atoms with Crippen molar-refractivity contribution in [1.82, 2.24) is 0 Å². The van der Waals surface area contributed by atoms with E-state index in [0.29, 0.717) is 22.1 Å². The maximum atomic E-state index is 9.10. The fraction of sp³-hybridized carbons (Fsp3) is 0.0714. The highest BCUT2D eigenvalue weighted by molar-refractivity contribution is 6.31. The summed E-state index contributed by atoms with van der Waals surface area (Å²) in [4.78, 5) is 0. The first-order valence-electron chi connectivity index (χ1n) is 5.79. The number of hydrogen-bond donors (Lipinski definition) is 3. The van der Waals surface area contributed by atoms with Crippen molar-refractivity contribution >= 4 is 17.4 Å². The molecule has 5 nitrogen and oxygen atoms in total. The number of oxime groups is 1. The number of benzene rings is 2. The second kappa shape index (κ2) is 6.27. The molecule has 0 aliphatic heterocycles. The van der Waals surface area contributed by atoms with Crippen LogP contribution in [0.15, 0.2) is 47.6 Å². The minimum absolute atomic E-state index is 0.0785. The van der Waals surface area contributed by atoms with E-state index in [1.165, 1.54) is 0 Å².